The summed E-state index contributed by atoms with van der Waals surface area (Å²) < 4.78 is 10.1. The fourth-order valence-corrected chi connectivity index (χ4v) is 1.20. The van der Waals surface area contributed by atoms with E-state index in [1.807, 2.05) is 6.92 Å². The Hall–Kier alpha value is -0.650. The minimum atomic E-state index is -0.376. The molecular weight excluding hydrogens is 208 g/mol. The number of amides is 1. The molecule has 0 aliphatic rings. The summed E-state index contributed by atoms with van der Waals surface area (Å²) in [5.74, 6) is -0.0706. The van der Waals surface area contributed by atoms with Crippen molar-refractivity contribution >= 4 is 5.91 Å². The van der Waals surface area contributed by atoms with Gasteiger partial charge >= 0.3 is 0 Å². The van der Waals surface area contributed by atoms with E-state index in [-0.39, 0.29) is 11.9 Å². The summed E-state index contributed by atoms with van der Waals surface area (Å²) in [6.07, 6.45) is 2.46. The van der Waals surface area contributed by atoms with Crippen LogP contribution in [0.1, 0.15) is 26.2 Å². The molecule has 0 aliphatic carbocycles. The highest BCUT2D eigenvalue weighted by Crippen LogP contribution is 1.92. The Morgan fingerprint density at radius 1 is 1.38 bits per heavy atom. The van der Waals surface area contributed by atoms with Crippen LogP contribution in [0.3, 0.4) is 0 Å². The average molecular weight is 232 g/mol. The SMILES string of the molecule is CCCC(N)C(=O)NCCCOCCOC. The van der Waals surface area contributed by atoms with Crippen LogP contribution in [0.15, 0.2) is 0 Å². The van der Waals surface area contributed by atoms with Gasteiger partial charge in [-0.05, 0) is 12.8 Å². The Morgan fingerprint density at radius 2 is 2.12 bits per heavy atom. The summed E-state index contributed by atoms with van der Waals surface area (Å²) >= 11 is 0. The van der Waals surface area contributed by atoms with E-state index < -0.39 is 0 Å². The lowest BCUT2D eigenvalue weighted by molar-refractivity contribution is -0.122. The van der Waals surface area contributed by atoms with Gasteiger partial charge in [0.25, 0.3) is 0 Å². The quantitative estimate of drug-likeness (QED) is 0.531. The van der Waals surface area contributed by atoms with E-state index in [2.05, 4.69) is 5.32 Å². The molecule has 1 atom stereocenters. The molecule has 96 valence electrons. The second kappa shape index (κ2) is 10.9. The third-order valence-electron chi connectivity index (χ3n) is 2.13. The van der Waals surface area contributed by atoms with Crippen molar-refractivity contribution in [2.24, 2.45) is 5.73 Å². The molecule has 0 aromatic carbocycles. The topological polar surface area (TPSA) is 73.6 Å². The first-order valence-electron chi connectivity index (χ1n) is 5.82. The monoisotopic (exact) mass is 232 g/mol. The lowest BCUT2D eigenvalue weighted by Gasteiger charge is -2.11. The van der Waals surface area contributed by atoms with Crippen LogP contribution in [-0.2, 0) is 14.3 Å². The molecule has 0 fully saturated rings. The average Bonchev–Trinajstić information content (AvgIpc) is 2.28. The summed E-state index contributed by atoms with van der Waals surface area (Å²) in [6, 6.07) is -0.376. The molecule has 0 heterocycles. The van der Waals surface area contributed by atoms with E-state index in [1.54, 1.807) is 7.11 Å². The van der Waals surface area contributed by atoms with Gasteiger partial charge in [-0.1, -0.05) is 13.3 Å². The summed E-state index contributed by atoms with van der Waals surface area (Å²) in [7, 11) is 1.64. The van der Waals surface area contributed by atoms with Crippen LogP contribution >= 0.6 is 0 Å². The van der Waals surface area contributed by atoms with Crippen molar-refractivity contribution in [3.63, 3.8) is 0 Å². The van der Waals surface area contributed by atoms with Crippen LogP contribution in [0.2, 0.25) is 0 Å². The minimum Gasteiger partial charge on any atom is -0.382 e. The van der Waals surface area contributed by atoms with Crippen molar-refractivity contribution in [3.05, 3.63) is 0 Å². The Kier molecular flexibility index (Phi) is 10.4. The van der Waals surface area contributed by atoms with Gasteiger partial charge in [0.15, 0.2) is 0 Å². The molecule has 16 heavy (non-hydrogen) atoms. The molecule has 1 amide bonds. The summed E-state index contributed by atoms with van der Waals surface area (Å²) in [6.45, 7) is 4.46. The van der Waals surface area contributed by atoms with Crippen molar-refractivity contribution in [2.75, 3.05) is 33.5 Å². The van der Waals surface area contributed by atoms with E-state index >= 15 is 0 Å². The lowest BCUT2D eigenvalue weighted by Crippen LogP contribution is -2.40. The molecule has 1 unspecified atom stereocenters. The number of carbonyl (C=O) groups excluding carboxylic acids is 1. The first kappa shape index (κ1) is 15.3. The van der Waals surface area contributed by atoms with Crippen molar-refractivity contribution in [1.82, 2.24) is 5.32 Å². The molecule has 0 aliphatic heterocycles. The van der Waals surface area contributed by atoms with Gasteiger partial charge in [0.1, 0.15) is 0 Å². The van der Waals surface area contributed by atoms with Crippen molar-refractivity contribution in [2.45, 2.75) is 32.2 Å². The highest BCUT2D eigenvalue weighted by Gasteiger charge is 2.10. The number of rotatable bonds is 10. The fraction of sp³-hybridized carbons (Fsp3) is 0.909. The predicted molar refractivity (Wildman–Crippen MR) is 63.2 cm³/mol. The molecule has 0 radical (unpaired) electrons. The number of hydrogen-bond donors (Lipinski definition) is 2. The number of nitrogens with one attached hydrogen (secondary N) is 1. The minimum absolute atomic E-state index is 0.0706. The summed E-state index contributed by atoms with van der Waals surface area (Å²) in [4.78, 5) is 11.4. The van der Waals surface area contributed by atoms with Gasteiger partial charge in [-0.2, -0.15) is 0 Å². The first-order valence-corrected chi connectivity index (χ1v) is 5.82. The maximum atomic E-state index is 11.4. The van der Waals surface area contributed by atoms with Gasteiger partial charge in [-0.25, -0.2) is 0 Å². The zero-order chi connectivity index (χ0) is 12.2. The normalized spacial score (nSPS) is 12.4. The molecule has 0 saturated heterocycles. The van der Waals surface area contributed by atoms with E-state index in [9.17, 15) is 4.79 Å². The van der Waals surface area contributed by atoms with E-state index in [4.69, 9.17) is 15.2 Å². The highest BCUT2D eigenvalue weighted by atomic mass is 16.5. The van der Waals surface area contributed by atoms with E-state index in [0.29, 0.717) is 26.4 Å². The molecule has 0 spiro atoms. The van der Waals surface area contributed by atoms with Gasteiger partial charge in [-0.15, -0.1) is 0 Å². The molecule has 0 rings (SSSR count). The van der Waals surface area contributed by atoms with Crippen LogP contribution in [0.4, 0.5) is 0 Å². The van der Waals surface area contributed by atoms with Crippen molar-refractivity contribution in [1.29, 1.82) is 0 Å². The lowest BCUT2D eigenvalue weighted by atomic mass is 10.2. The van der Waals surface area contributed by atoms with E-state index in [1.165, 1.54) is 0 Å². The van der Waals surface area contributed by atoms with Crippen LogP contribution < -0.4 is 11.1 Å². The molecule has 0 bridgehead atoms. The van der Waals surface area contributed by atoms with Gasteiger partial charge in [0, 0.05) is 20.3 Å². The Bertz CT molecular complexity index is 177. The fourth-order valence-electron chi connectivity index (χ4n) is 1.20. The number of ether oxygens (including phenoxy) is 2. The van der Waals surface area contributed by atoms with Crippen molar-refractivity contribution in [3.8, 4) is 0 Å². The molecule has 3 N–H and O–H groups in total. The maximum absolute atomic E-state index is 11.4. The zero-order valence-electron chi connectivity index (χ0n) is 10.3. The zero-order valence-corrected chi connectivity index (χ0v) is 10.3. The predicted octanol–water partition coefficient (Wildman–Crippen LogP) is 0.283. The molecular formula is C11H24N2O3. The van der Waals surface area contributed by atoms with Crippen molar-refractivity contribution < 1.29 is 14.3 Å². The second-order valence-corrected chi connectivity index (χ2v) is 3.64. The largest absolute Gasteiger partial charge is 0.382 e. The number of methoxy groups -OCH3 is 1. The standard InChI is InChI=1S/C11H24N2O3/c1-3-5-10(12)11(14)13-6-4-7-16-9-8-15-2/h10H,3-9,12H2,1-2H3,(H,13,14). The van der Waals surface area contributed by atoms with Gasteiger partial charge in [-0.3, -0.25) is 4.79 Å². The Morgan fingerprint density at radius 3 is 2.75 bits per heavy atom. The van der Waals surface area contributed by atoms with Gasteiger partial charge in [0.05, 0.1) is 19.3 Å². The van der Waals surface area contributed by atoms with Gasteiger partial charge < -0.3 is 20.5 Å². The number of hydrogen-bond acceptors (Lipinski definition) is 4. The molecule has 5 heteroatoms. The van der Waals surface area contributed by atoms with Crippen LogP contribution in [-0.4, -0.2) is 45.4 Å². The smallest absolute Gasteiger partial charge is 0.236 e. The molecule has 0 saturated carbocycles. The highest BCUT2D eigenvalue weighted by molar-refractivity contribution is 5.81. The van der Waals surface area contributed by atoms with Crippen LogP contribution in [0.5, 0.6) is 0 Å². The number of carbonyl (C=O) groups is 1. The van der Waals surface area contributed by atoms with E-state index in [0.717, 1.165) is 19.3 Å². The summed E-state index contributed by atoms with van der Waals surface area (Å²) in [5, 5.41) is 2.78. The Balaban J connectivity index is 3.27. The van der Waals surface area contributed by atoms with Crippen LogP contribution in [0, 0.1) is 0 Å². The molecule has 0 aromatic heterocycles. The number of nitrogens with two attached hydrogens (primary N) is 1. The summed E-state index contributed by atoms with van der Waals surface area (Å²) in [5.41, 5.74) is 5.65. The third kappa shape index (κ3) is 8.64. The molecule has 0 aromatic rings. The first-order chi connectivity index (χ1) is 7.72. The van der Waals surface area contributed by atoms with Gasteiger partial charge in [0.2, 0.25) is 5.91 Å². The third-order valence-corrected chi connectivity index (χ3v) is 2.13. The molecule has 5 nitrogen and oxygen atoms in total. The maximum Gasteiger partial charge on any atom is 0.236 e. The van der Waals surface area contributed by atoms with Crippen LogP contribution in [0.25, 0.3) is 0 Å². The Labute approximate surface area is 97.7 Å². The second-order valence-electron chi connectivity index (χ2n) is 3.64.